The number of carbonyl (C=O) groups is 1. The van der Waals surface area contributed by atoms with Gasteiger partial charge in [-0.25, -0.2) is 9.97 Å². The second kappa shape index (κ2) is 9.83. The summed E-state index contributed by atoms with van der Waals surface area (Å²) >= 11 is 1.60. The fourth-order valence-corrected chi connectivity index (χ4v) is 5.70. The number of pyridine rings is 1. The number of amides is 1. The van der Waals surface area contributed by atoms with Gasteiger partial charge in [-0.15, -0.1) is 11.3 Å². The molecule has 4 heterocycles. The van der Waals surface area contributed by atoms with Crippen molar-refractivity contribution in [3.8, 4) is 16.9 Å². The molecule has 0 aliphatic rings. The molecule has 8 heteroatoms. The quantitative estimate of drug-likeness (QED) is 0.245. The van der Waals surface area contributed by atoms with E-state index < -0.39 is 0 Å². The molecule has 0 fully saturated rings. The van der Waals surface area contributed by atoms with Crippen LogP contribution in [0.25, 0.3) is 27.0 Å². The Kier molecular flexibility index (Phi) is 6.08. The number of rotatable bonds is 8. The molecule has 6 aromatic rings. The molecule has 37 heavy (non-hydrogen) atoms. The fraction of sp³-hybridized carbons (Fsp3) is 0.103. The number of nitrogens with zero attached hydrogens (tertiary/aromatic N) is 6. The number of imidazole rings is 2. The molecule has 1 atom stereocenters. The SMILES string of the molecule is Cn1c(-c2ccc(-n3ccnc3)cc2)cnc1C(Cc1ccccn1)N(C=O)c1cc2ccccc2s1. The molecule has 1 unspecified atom stereocenters. The van der Waals surface area contributed by atoms with Gasteiger partial charge in [0.15, 0.2) is 0 Å². The topological polar surface area (TPSA) is 68.8 Å². The van der Waals surface area contributed by atoms with Crippen molar-refractivity contribution in [1.29, 1.82) is 0 Å². The monoisotopic (exact) mass is 504 g/mol. The van der Waals surface area contributed by atoms with Crippen LogP contribution >= 0.6 is 11.3 Å². The average Bonchev–Trinajstić information content (AvgIpc) is 3.69. The molecule has 6 rings (SSSR count). The van der Waals surface area contributed by atoms with Crippen LogP contribution in [0, 0.1) is 0 Å². The molecule has 0 spiro atoms. The molecule has 0 saturated carbocycles. The summed E-state index contributed by atoms with van der Waals surface area (Å²) in [5.41, 5.74) is 3.95. The number of carbonyl (C=O) groups excluding carboxylic acids is 1. The Labute approximate surface area is 218 Å². The Balaban J connectivity index is 1.39. The minimum absolute atomic E-state index is 0.329. The van der Waals surface area contributed by atoms with Crippen LogP contribution < -0.4 is 4.90 Å². The van der Waals surface area contributed by atoms with Gasteiger partial charge in [-0.05, 0) is 47.3 Å². The second-order valence-electron chi connectivity index (χ2n) is 8.75. The molecule has 7 nitrogen and oxygen atoms in total. The van der Waals surface area contributed by atoms with Crippen LogP contribution in [0.5, 0.6) is 0 Å². The van der Waals surface area contributed by atoms with E-state index in [1.54, 1.807) is 35.0 Å². The lowest BCUT2D eigenvalue weighted by Crippen LogP contribution is -2.30. The standard InChI is InChI=1S/C29H24N6OS/c1-33-26(21-9-11-24(12-10-21)34-15-14-30-19-34)18-32-29(33)25(17-23-7-4-5-13-31-23)35(20-36)28-16-22-6-2-3-8-27(22)37-28/h2-16,18-20,25H,17H2,1H3. The molecule has 0 aliphatic carbocycles. The fourth-order valence-electron chi connectivity index (χ4n) is 4.62. The second-order valence-corrected chi connectivity index (χ2v) is 9.82. The van der Waals surface area contributed by atoms with Crippen molar-refractivity contribution in [2.75, 3.05) is 4.90 Å². The first kappa shape index (κ1) is 22.9. The van der Waals surface area contributed by atoms with E-state index in [1.807, 2.05) is 54.3 Å². The molecule has 0 N–H and O–H groups in total. The number of aromatic nitrogens is 5. The Morgan fingerprint density at radius 2 is 1.84 bits per heavy atom. The summed E-state index contributed by atoms with van der Waals surface area (Å²) in [5, 5.41) is 2.00. The van der Waals surface area contributed by atoms with Gasteiger partial charge in [0.25, 0.3) is 0 Å². The largest absolute Gasteiger partial charge is 0.329 e. The van der Waals surface area contributed by atoms with Gasteiger partial charge in [-0.2, -0.15) is 0 Å². The molecule has 0 aliphatic heterocycles. The van der Waals surface area contributed by atoms with E-state index in [0.717, 1.165) is 50.0 Å². The van der Waals surface area contributed by atoms with Gasteiger partial charge < -0.3 is 9.13 Å². The predicted molar refractivity (Wildman–Crippen MR) is 147 cm³/mol. The van der Waals surface area contributed by atoms with Crippen LogP contribution in [0.4, 0.5) is 5.00 Å². The van der Waals surface area contributed by atoms with E-state index in [4.69, 9.17) is 4.98 Å². The van der Waals surface area contributed by atoms with Crippen molar-refractivity contribution in [3.63, 3.8) is 0 Å². The number of benzene rings is 2. The van der Waals surface area contributed by atoms with E-state index in [0.29, 0.717) is 6.42 Å². The van der Waals surface area contributed by atoms with Crippen LogP contribution in [-0.2, 0) is 18.3 Å². The molecule has 2 aromatic carbocycles. The molecule has 182 valence electrons. The molecule has 0 radical (unpaired) electrons. The normalized spacial score (nSPS) is 12.0. The van der Waals surface area contributed by atoms with E-state index in [9.17, 15) is 4.79 Å². The lowest BCUT2D eigenvalue weighted by molar-refractivity contribution is -0.107. The average molecular weight is 505 g/mol. The van der Waals surface area contributed by atoms with Gasteiger partial charge >= 0.3 is 0 Å². The Hall–Kier alpha value is -4.56. The van der Waals surface area contributed by atoms with Crippen LogP contribution in [-0.4, -0.2) is 30.5 Å². The van der Waals surface area contributed by atoms with E-state index in [2.05, 4.69) is 57.0 Å². The Morgan fingerprint density at radius 1 is 1.00 bits per heavy atom. The predicted octanol–water partition coefficient (Wildman–Crippen LogP) is 5.83. The van der Waals surface area contributed by atoms with Gasteiger partial charge in [0.2, 0.25) is 6.41 Å². The van der Waals surface area contributed by atoms with E-state index in [-0.39, 0.29) is 6.04 Å². The third-order valence-electron chi connectivity index (χ3n) is 6.53. The van der Waals surface area contributed by atoms with Crippen LogP contribution in [0.2, 0.25) is 0 Å². The maximum atomic E-state index is 12.6. The molecule has 0 saturated heterocycles. The summed E-state index contributed by atoms with van der Waals surface area (Å²) in [7, 11) is 2.00. The first-order chi connectivity index (χ1) is 18.2. The number of thiophene rings is 1. The highest BCUT2D eigenvalue weighted by Crippen LogP contribution is 2.37. The van der Waals surface area contributed by atoms with Crippen LogP contribution in [0.15, 0.2) is 104 Å². The smallest absolute Gasteiger partial charge is 0.215 e. The molecule has 0 bridgehead atoms. The first-order valence-corrected chi connectivity index (χ1v) is 12.8. The molecular weight excluding hydrogens is 480 g/mol. The number of hydrogen-bond donors (Lipinski definition) is 0. The Morgan fingerprint density at radius 3 is 2.57 bits per heavy atom. The van der Waals surface area contributed by atoms with Gasteiger partial charge in [-0.3, -0.25) is 14.7 Å². The summed E-state index contributed by atoms with van der Waals surface area (Å²) in [6.07, 6.45) is 10.6. The maximum absolute atomic E-state index is 12.6. The number of fused-ring (bicyclic) bond motifs is 1. The highest BCUT2D eigenvalue weighted by Gasteiger charge is 2.28. The minimum Gasteiger partial charge on any atom is -0.329 e. The maximum Gasteiger partial charge on any atom is 0.215 e. The van der Waals surface area contributed by atoms with Crippen molar-refractivity contribution in [3.05, 3.63) is 115 Å². The highest BCUT2D eigenvalue weighted by atomic mass is 32.1. The van der Waals surface area contributed by atoms with E-state index in [1.165, 1.54) is 0 Å². The zero-order valence-corrected chi connectivity index (χ0v) is 21.0. The summed E-state index contributed by atoms with van der Waals surface area (Å²) in [5.74, 6) is 0.795. The molecule has 1 amide bonds. The first-order valence-electron chi connectivity index (χ1n) is 11.9. The lowest BCUT2D eigenvalue weighted by Gasteiger charge is -2.27. The summed E-state index contributed by atoms with van der Waals surface area (Å²) in [6.45, 7) is 0. The van der Waals surface area contributed by atoms with Crippen LogP contribution in [0.1, 0.15) is 17.6 Å². The van der Waals surface area contributed by atoms with Crippen molar-refractivity contribution in [2.24, 2.45) is 7.05 Å². The third-order valence-corrected chi connectivity index (χ3v) is 7.66. The zero-order chi connectivity index (χ0) is 25.2. The van der Waals surface area contributed by atoms with Gasteiger partial charge in [0.05, 0.1) is 23.2 Å². The van der Waals surface area contributed by atoms with Gasteiger partial charge in [0.1, 0.15) is 11.9 Å². The molecular formula is C29H24N6OS. The van der Waals surface area contributed by atoms with Crippen molar-refractivity contribution in [2.45, 2.75) is 12.5 Å². The van der Waals surface area contributed by atoms with Gasteiger partial charge in [0, 0.05) is 48.1 Å². The molecule has 4 aromatic heterocycles. The lowest BCUT2D eigenvalue weighted by atomic mass is 10.1. The summed E-state index contributed by atoms with van der Waals surface area (Å²) in [4.78, 5) is 27.9. The minimum atomic E-state index is -0.329. The van der Waals surface area contributed by atoms with Crippen molar-refractivity contribution >= 4 is 32.8 Å². The Bertz CT molecular complexity index is 1600. The van der Waals surface area contributed by atoms with E-state index >= 15 is 0 Å². The third kappa shape index (κ3) is 4.43. The highest BCUT2D eigenvalue weighted by molar-refractivity contribution is 7.23. The van der Waals surface area contributed by atoms with Crippen molar-refractivity contribution < 1.29 is 4.79 Å². The van der Waals surface area contributed by atoms with Crippen molar-refractivity contribution in [1.82, 2.24) is 24.1 Å². The van der Waals surface area contributed by atoms with Gasteiger partial charge in [-0.1, -0.05) is 36.4 Å². The zero-order valence-electron chi connectivity index (χ0n) is 20.2. The number of anilines is 1. The van der Waals surface area contributed by atoms with Crippen LogP contribution in [0.3, 0.4) is 0 Å². The summed E-state index contributed by atoms with van der Waals surface area (Å²) < 4.78 is 5.18. The summed E-state index contributed by atoms with van der Waals surface area (Å²) in [6, 6.07) is 24.0. The number of hydrogen-bond acceptors (Lipinski definition) is 5.